The smallest absolute Gasteiger partial charge is 0.113 e. The maximum Gasteiger partial charge on any atom is 0.113 e. The first kappa shape index (κ1) is 7.10. The van der Waals surface area contributed by atoms with Crippen LogP contribution in [0.15, 0.2) is 41.7 Å². The van der Waals surface area contributed by atoms with E-state index in [1.54, 1.807) is 12.5 Å². The second-order valence-electron chi connectivity index (χ2n) is 2.57. The first-order valence-corrected chi connectivity index (χ1v) is 3.84. The Morgan fingerprint density at radius 3 is 3.17 bits per heavy atom. The van der Waals surface area contributed by atoms with E-state index in [-0.39, 0.29) is 0 Å². The van der Waals surface area contributed by atoms with E-state index in [1.165, 1.54) is 5.56 Å². The fourth-order valence-electron chi connectivity index (χ4n) is 1.13. The molecule has 0 N–H and O–H groups in total. The highest BCUT2D eigenvalue weighted by atomic mass is 16.5. The summed E-state index contributed by atoms with van der Waals surface area (Å²) in [6, 6.07) is 8.07. The standard InChI is InChI=1S/C10H9NO/c1-2-4-10-8-12-6-5-11-7-9(10)3-1/h1-7H,8H2/b6-5-,11-7-. The molecule has 0 aromatic heterocycles. The minimum atomic E-state index is 0.624. The van der Waals surface area contributed by atoms with E-state index < -0.39 is 0 Å². The molecule has 0 amide bonds. The minimum absolute atomic E-state index is 0.624. The number of fused-ring (bicyclic) bond motifs is 1. The van der Waals surface area contributed by atoms with Gasteiger partial charge in [-0.25, -0.2) is 0 Å². The molecule has 2 nitrogen and oxygen atoms in total. The van der Waals surface area contributed by atoms with E-state index in [0.717, 1.165) is 5.56 Å². The van der Waals surface area contributed by atoms with Crippen LogP contribution in [0.5, 0.6) is 0 Å². The highest BCUT2D eigenvalue weighted by molar-refractivity contribution is 5.82. The maximum absolute atomic E-state index is 5.21. The Labute approximate surface area is 71.2 Å². The van der Waals surface area contributed by atoms with E-state index in [4.69, 9.17) is 4.74 Å². The van der Waals surface area contributed by atoms with Gasteiger partial charge in [0.05, 0.1) is 6.20 Å². The summed E-state index contributed by atoms with van der Waals surface area (Å²) in [5.74, 6) is 0. The third kappa shape index (κ3) is 1.37. The molecule has 0 saturated heterocycles. The molecule has 1 aromatic carbocycles. The first-order chi connectivity index (χ1) is 5.97. The van der Waals surface area contributed by atoms with Crippen molar-refractivity contribution in [1.82, 2.24) is 0 Å². The molecular formula is C10H9NO. The van der Waals surface area contributed by atoms with Crippen LogP contribution in [0.3, 0.4) is 0 Å². The lowest BCUT2D eigenvalue weighted by Gasteiger charge is -2.06. The zero-order valence-corrected chi connectivity index (χ0v) is 6.60. The molecule has 0 spiro atoms. The van der Waals surface area contributed by atoms with Gasteiger partial charge in [0.1, 0.15) is 12.9 Å². The Morgan fingerprint density at radius 2 is 2.17 bits per heavy atom. The summed E-state index contributed by atoms with van der Waals surface area (Å²) in [6.45, 7) is 0.624. The molecule has 12 heavy (non-hydrogen) atoms. The van der Waals surface area contributed by atoms with Crippen LogP contribution in [-0.4, -0.2) is 6.21 Å². The number of nitrogens with zero attached hydrogens (tertiary/aromatic N) is 1. The van der Waals surface area contributed by atoms with Crippen LogP contribution in [0.1, 0.15) is 11.1 Å². The zero-order valence-electron chi connectivity index (χ0n) is 6.60. The largest absolute Gasteiger partial charge is 0.495 e. The molecule has 1 aliphatic heterocycles. The molecule has 0 fully saturated rings. The first-order valence-electron chi connectivity index (χ1n) is 3.84. The lowest BCUT2D eigenvalue weighted by atomic mass is 10.1. The van der Waals surface area contributed by atoms with Crippen LogP contribution in [0.25, 0.3) is 0 Å². The van der Waals surface area contributed by atoms with Gasteiger partial charge in [0.2, 0.25) is 0 Å². The van der Waals surface area contributed by atoms with E-state index >= 15 is 0 Å². The van der Waals surface area contributed by atoms with Crippen LogP contribution in [0.4, 0.5) is 0 Å². The summed E-state index contributed by atoms with van der Waals surface area (Å²) < 4.78 is 5.21. The van der Waals surface area contributed by atoms with Gasteiger partial charge in [-0.2, -0.15) is 0 Å². The molecule has 0 bridgehead atoms. The highest BCUT2D eigenvalue weighted by Gasteiger charge is 1.99. The van der Waals surface area contributed by atoms with E-state index in [0.29, 0.717) is 6.61 Å². The predicted molar refractivity (Wildman–Crippen MR) is 48.0 cm³/mol. The van der Waals surface area contributed by atoms with Gasteiger partial charge in [-0.15, -0.1) is 0 Å². The normalized spacial score (nSPS) is 19.7. The van der Waals surface area contributed by atoms with E-state index in [2.05, 4.69) is 4.99 Å². The molecule has 0 unspecified atom stereocenters. The molecule has 60 valence electrons. The van der Waals surface area contributed by atoms with Gasteiger partial charge < -0.3 is 4.74 Å². The van der Waals surface area contributed by atoms with Crippen molar-refractivity contribution < 1.29 is 4.74 Å². The molecule has 0 atom stereocenters. The van der Waals surface area contributed by atoms with Crippen LogP contribution in [0.2, 0.25) is 0 Å². The van der Waals surface area contributed by atoms with Crippen LogP contribution in [-0.2, 0) is 11.3 Å². The van der Waals surface area contributed by atoms with Crippen molar-refractivity contribution in [1.29, 1.82) is 0 Å². The van der Waals surface area contributed by atoms with Crippen LogP contribution >= 0.6 is 0 Å². The van der Waals surface area contributed by atoms with E-state index in [9.17, 15) is 0 Å². The summed E-state index contributed by atoms with van der Waals surface area (Å²) in [5.41, 5.74) is 2.30. The number of aliphatic imine (C=N–C) groups is 1. The van der Waals surface area contributed by atoms with Crippen molar-refractivity contribution in [3.63, 3.8) is 0 Å². The number of ether oxygens (including phenoxy) is 1. The van der Waals surface area contributed by atoms with Gasteiger partial charge in [0.15, 0.2) is 0 Å². The molecule has 1 heterocycles. The highest BCUT2D eigenvalue weighted by Crippen LogP contribution is 2.09. The van der Waals surface area contributed by atoms with E-state index in [1.807, 2.05) is 30.5 Å². The second kappa shape index (κ2) is 3.22. The van der Waals surface area contributed by atoms with Crippen molar-refractivity contribution in [3.8, 4) is 0 Å². The van der Waals surface area contributed by atoms with Gasteiger partial charge in [-0.1, -0.05) is 24.3 Å². The lowest BCUT2D eigenvalue weighted by molar-refractivity contribution is 0.235. The topological polar surface area (TPSA) is 21.6 Å². The summed E-state index contributed by atoms with van der Waals surface area (Å²) in [4.78, 5) is 4.04. The third-order valence-electron chi connectivity index (χ3n) is 1.75. The number of hydrogen-bond donors (Lipinski definition) is 0. The van der Waals surface area contributed by atoms with Crippen LogP contribution < -0.4 is 0 Å². The molecule has 2 rings (SSSR count). The zero-order chi connectivity index (χ0) is 8.23. The molecule has 2 heteroatoms. The average Bonchev–Trinajstić information content (AvgIpc) is 2.06. The summed E-state index contributed by atoms with van der Waals surface area (Å²) in [6.07, 6.45) is 5.09. The number of benzene rings is 1. The number of rotatable bonds is 0. The fourth-order valence-corrected chi connectivity index (χ4v) is 1.13. The Morgan fingerprint density at radius 1 is 1.25 bits per heavy atom. The minimum Gasteiger partial charge on any atom is -0.495 e. The molecule has 0 radical (unpaired) electrons. The Bertz CT molecular complexity index is 328. The molecule has 0 saturated carbocycles. The van der Waals surface area contributed by atoms with Crippen LogP contribution in [0, 0.1) is 0 Å². The number of hydrogen-bond acceptors (Lipinski definition) is 2. The molecule has 1 aliphatic rings. The Kier molecular flexibility index (Phi) is 1.90. The van der Waals surface area contributed by atoms with Gasteiger partial charge in [-0.05, 0) is 11.1 Å². The molecular weight excluding hydrogens is 150 g/mol. The quantitative estimate of drug-likeness (QED) is 0.568. The molecule has 0 aliphatic carbocycles. The predicted octanol–water partition coefficient (Wildman–Crippen LogP) is 2.11. The lowest BCUT2D eigenvalue weighted by Crippen LogP contribution is -1.95. The second-order valence-corrected chi connectivity index (χ2v) is 2.57. The fraction of sp³-hybridized carbons (Fsp3) is 0.100. The summed E-state index contributed by atoms with van der Waals surface area (Å²) in [5, 5.41) is 0. The van der Waals surface area contributed by atoms with Crippen molar-refractivity contribution in [2.45, 2.75) is 6.61 Å². The third-order valence-corrected chi connectivity index (χ3v) is 1.75. The van der Waals surface area contributed by atoms with Gasteiger partial charge in [0, 0.05) is 6.21 Å². The average molecular weight is 159 g/mol. The molecule has 1 aromatic rings. The Hall–Kier alpha value is -1.57. The maximum atomic E-state index is 5.21. The van der Waals surface area contributed by atoms with Gasteiger partial charge >= 0.3 is 0 Å². The van der Waals surface area contributed by atoms with Crippen molar-refractivity contribution in [3.05, 3.63) is 47.9 Å². The van der Waals surface area contributed by atoms with Crippen molar-refractivity contribution >= 4 is 6.21 Å². The summed E-state index contributed by atoms with van der Waals surface area (Å²) in [7, 11) is 0. The monoisotopic (exact) mass is 159 g/mol. The summed E-state index contributed by atoms with van der Waals surface area (Å²) >= 11 is 0. The van der Waals surface area contributed by atoms with Crippen molar-refractivity contribution in [2.75, 3.05) is 0 Å². The van der Waals surface area contributed by atoms with Crippen molar-refractivity contribution in [2.24, 2.45) is 4.99 Å². The van der Waals surface area contributed by atoms with Gasteiger partial charge in [-0.3, -0.25) is 4.99 Å². The van der Waals surface area contributed by atoms with Gasteiger partial charge in [0.25, 0.3) is 0 Å². The Balaban J connectivity index is 2.43. The SMILES string of the molecule is C1=C\OCc2ccccc2\C=N/1.